The number of allylic oxidation sites excluding steroid dienone is 4. The minimum absolute atomic E-state index is 0.406. The van der Waals surface area contributed by atoms with Crippen molar-refractivity contribution in [3.63, 3.8) is 0 Å². The van der Waals surface area contributed by atoms with E-state index in [1.807, 2.05) is 6.92 Å². The molecule has 0 saturated carbocycles. The lowest BCUT2D eigenvalue weighted by molar-refractivity contribution is -0.00103. The number of hydrogen-bond acceptors (Lipinski definition) is 2. The van der Waals surface area contributed by atoms with Gasteiger partial charge in [-0.05, 0) is 53.4 Å². The highest BCUT2D eigenvalue weighted by Gasteiger charge is 2.18. The maximum absolute atomic E-state index is 5.25. The molecule has 0 aromatic carbocycles. The van der Waals surface area contributed by atoms with E-state index in [4.69, 9.17) is 10.7 Å². The molecule has 1 atom stereocenters. The van der Waals surface area contributed by atoms with Crippen molar-refractivity contribution in [1.29, 1.82) is 0 Å². The summed E-state index contributed by atoms with van der Waals surface area (Å²) in [6, 6.07) is 0. The second-order valence-corrected chi connectivity index (χ2v) is 5.04. The van der Waals surface area contributed by atoms with Crippen LogP contribution in [0.25, 0.3) is 0 Å². The standard InChI is InChI=1S/C15H27NO/c1-6-15(5,17-16)12-8-11-14(4)10-7-9-13(2)3/h6,9,11H,1,7-8,10,12,16H2,2-5H3/b14-11+. The van der Waals surface area contributed by atoms with Gasteiger partial charge in [0.1, 0.15) is 5.60 Å². The lowest BCUT2D eigenvalue weighted by atomic mass is 9.99. The van der Waals surface area contributed by atoms with Gasteiger partial charge in [-0.3, -0.25) is 4.84 Å². The smallest absolute Gasteiger partial charge is 0.105 e. The summed E-state index contributed by atoms with van der Waals surface area (Å²) in [4.78, 5) is 4.92. The highest BCUT2D eigenvalue weighted by molar-refractivity contribution is 5.03. The molecular weight excluding hydrogens is 210 g/mol. The second-order valence-electron chi connectivity index (χ2n) is 5.04. The van der Waals surface area contributed by atoms with Crippen molar-refractivity contribution in [2.24, 2.45) is 5.90 Å². The van der Waals surface area contributed by atoms with Crippen LogP contribution in [0.3, 0.4) is 0 Å². The van der Waals surface area contributed by atoms with Crippen molar-refractivity contribution in [1.82, 2.24) is 0 Å². The molecule has 0 aliphatic carbocycles. The zero-order valence-electron chi connectivity index (χ0n) is 11.8. The SMILES string of the molecule is C=CC(C)(CC/C=C(\C)CCC=C(C)C)ON. The van der Waals surface area contributed by atoms with Gasteiger partial charge in [-0.15, -0.1) is 6.58 Å². The Morgan fingerprint density at radius 1 is 1.24 bits per heavy atom. The topological polar surface area (TPSA) is 35.2 Å². The van der Waals surface area contributed by atoms with Gasteiger partial charge in [0.25, 0.3) is 0 Å². The van der Waals surface area contributed by atoms with Crippen LogP contribution in [0.4, 0.5) is 0 Å². The summed E-state index contributed by atoms with van der Waals surface area (Å²) in [7, 11) is 0. The molecule has 0 radical (unpaired) electrons. The van der Waals surface area contributed by atoms with E-state index in [1.165, 1.54) is 11.1 Å². The van der Waals surface area contributed by atoms with Gasteiger partial charge in [0, 0.05) is 0 Å². The van der Waals surface area contributed by atoms with Gasteiger partial charge in [-0.1, -0.05) is 29.4 Å². The Morgan fingerprint density at radius 3 is 2.35 bits per heavy atom. The fourth-order valence-corrected chi connectivity index (χ4v) is 1.50. The van der Waals surface area contributed by atoms with Crippen molar-refractivity contribution in [2.75, 3.05) is 0 Å². The highest BCUT2D eigenvalue weighted by Crippen LogP contribution is 2.18. The van der Waals surface area contributed by atoms with E-state index in [-0.39, 0.29) is 0 Å². The predicted octanol–water partition coefficient (Wildman–Crippen LogP) is 4.29. The van der Waals surface area contributed by atoms with Crippen molar-refractivity contribution in [3.05, 3.63) is 36.0 Å². The van der Waals surface area contributed by atoms with Gasteiger partial charge in [0.15, 0.2) is 0 Å². The monoisotopic (exact) mass is 237 g/mol. The largest absolute Gasteiger partial charge is 0.294 e. The summed E-state index contributed by atoms with van der Waals surface area (Å²) in [6.45, 7) is 12.1. The van der Waals surface area contributed by atoms with E-state index in [1.54, 1.807) is 6.08 Å². The Labute approximate surface area is 106 Å². The fraction of sp³-hybridized carbons (Fsp3) is 0.600. The van der Waals surface area contributed by atoms with E-state index in [0.29, 0.717) is 0 Å². The molecule has 0 aromatic rings. The lowest BCUT2D eigenvalue weighted by Crippen LogP contribution is -2.28. The highest BCUT2D eigenvalue weighted by atomic mass is 16.6. The molecule has 0 spiro atoms. The third kappa shape index (κ3) is 7.94. The number of rotatable bonds is 8. The van der Waals surface area contributed by atoms with Gasteiger partial charge in [0.05, 0.1) is 0 Å². The minimum atomic E-state index is -0.406. The Balaban J connectivity index is 3.99. The lowest BCUT2D eigenvalue weighted by Gasteiger charge is -2.21. The molecule has 1 unspecified atom stereocenters. The summed E-state index contributed by atoms with van der Waals surface area (Å²) in [5, 5.41) is 0. The van der Waals surface area contributed by atoms with E-state index in [9.17, 15) is 0 Å². The van der Waals surface area contributed by atoms with Crippen LogP contribution in [0, 0.1) is 0 Å². The zero-order chi connectivity index (χ0) is 13.3. The fourth-order valence-electron chi connectivity index (χ4n) is 1.50. The van der Waals surface area contributed by atoms with Crippen LogP contribution < -0.4 is 5.90 Å². The van der Waals surface area contributed by atoms with Crippen LogP contribution in [-0.4, -0.2) is 5.60 Å². The van der Waals surface area contributed by atoms with Crippen LogP contribution in [0.15, 0.2) is 36.0 Å². The Kier molecular flexibility index (Phi) is 7.85. The first-order valence-corrected chi connectivity index (χ1v) is 6.24. The molecule has 0 aliphatic rings. The normalized spacial score (nSPS) is 15.2. The summed E-state index contributed by atoms with van der Waals surface area (Å²) >= 11 is 0. The van der Waals surface area contributed by atoms with Crippen LogP contribution >= 0.6 is 0 Å². The molecule has 17 heavy (non-hydrogen) atoms. The third-order valence-corrected chi connectivity index (χ3v) is 2.93. The first-order valence-electron chi connectivity index (χ1n) is 6.24. The molecule has 0 heterocycles. The average Bonchev–Trinajstić information content (AvgIpc) is 2.28. The van der Waals surface area contributed by atoms with Crippen LogP contribution in [0.1, 0.15) is 53.4 Å². The maximum atomic E-state index is 5.25. The minimum Gasteiger partial charge on any atom is -0.294 e. The first-order chi connectivity index (χ1) is 7.93. The quantitative estimate of drug-likeness (QED) is 0.505. The molecule has 2 nitrogen and oxygen atoms in total. The van der Waals surface area contributed by atoms with E-state index in [0.717, 1.165) is 25.7 Å². The molecule has 98 valence electrons. The molecule has 0 fully saturated rings. The third-order valence-electron chi connectivity index (χ3n) is 2.93. The van der Waals surface area contributed by atoms with E-state index < -0.39 is 5.60 Å². The first kappa shape index (κ1) is 16.1. The van der Waals surface area contributed by atoms with Crippen LogP contribution in [-0.2, 0) is 4.84 Å². The zero-order valence-corrected chi connectivity index (χ0v) is 11.8. The van der Waals surface area contributed by atoms with E-state index >= 15 is 0 Å². The molecule has 0 amide bonds. The molecule has 0 aliphatic heterocycles. The van der Waals surface area contributed by atoms with Crippen molar-refractivity contribution >= 4 is 0 Å². The molecule has 0 rings (SSSR count). The summed E-state index contributed by atoms with van der Waals surface area (Å²) < 4.78 is 0. The molecule has 0 aromatic heterocycles. The Bertz CT molecular complexity index is 287. The van der Waals surface area contributed by atoms with Crippen molar-refractivity contribution in [2.45, 2.75) is 59.0 Å². The summed E-state index contributed by atoms with van der Waals surface area (Å²) in [5.41, 5.74) is 2.40. The van der Waals surface area contributed by atoms with Crippen LogP contribution in [0.5, 0.6) is 0 Å². The van der Waals surface area contributed by atoms with Gasteiger partial charge < -0.3 is 0 Å². The van der Waals surface area contributed by atoms with Crippen LogP contribution in [0.2, 0.25) is 0 Å². The van der Waals surface area contributed by atoms with Gasteiger partial charge in [0.2, 0.25) is 0 Å². The van der Waals surface area contributed by atoms with E-state index in [2.05, 4.69) is 39.5 Å². The molecule has 0 saturated heterocycles. The molecule has 2 heteroatoms. The Hall–Kier alpha value is -0.860. The number of hydrogen-bond donors (Lipinski definition) is 1. The van der Waals surface area contributed by atoms with Crippen molar-refractivity contribution in [3.8, 4) is 0 Å². The molecular formula is C15H27NO. The Morgan fingerprint density at radius 2 is 1.88 bits per heavy atom. The van der Waals surface area contributed by atoms with Gasteiger partial charge in [-0.25, -0.2) is 5.90 Å². The molecule has 0 bridgehead atoms. The second kappa shape index (κ2) is 8.26. The van der Waals surface area contributed by atoms with Gasteiger partial charge >= 0.3 is 0 Å². The predicted molar refractivity (Wildman–Crippen MR) is 75.5 cm³/mol. The van der Waals surface area contributed by atoms with Crippen molar-refractivity contribution < 1.29 is 4.84 Å². The summed E-state index contributed by atoms with van der Waals surface area (Å²) in [5.74, 6) is 5.25. The average molecular weight is 237 g/mol. The number of nitrogens with two attached hydrogens (primary N) is 1. The summed E-state index contributed by atoms with van der Waals surface area (Å²) in [6.07, 6.45) is 10.4. The van der Waals surface area contributed by atoms with Gasteiger partial charge in [-0.2, -0.15) is 0 Å². The maximum Gasteiger partial charge on any atom is 0.105 e. The molecule has 2 N–H and O–H groups in total.